The minimum atomic E-state index is -0.744. The highest BCUT2D eigenvalue weighted by atomic mass is 35.5. The number of ether oxygens (including phenoxy) is 3. The van der Waals surface area contributed by atoms with E-state index >= 15 is 0 Å². The van der Waals surface area contributed by atoms with Gasteiger partial charge in [0.15, 0.2) is 0 Å². The van der Waals surface area contributed by atoms with Crippen molar-refractivity contribution in [2.45, 2.75) is 45.1 Å². The molecule has 25 heavy (non-hydrogen) atoms. The maximum absolute atomic E-state index is 12.9. The van der Waals surface area contributed by atoms with Gasteiger partial charge in [-0.25, -0.2) is 0 Å². The molecule has 1 saturated carbocycles. The largest absolute Gasteiger partial charge is 0.490 e. The number of halogens is 1. The van der Waals surface area contributed by atoms with Crippen molar-refractivity contribution in [2.75, 3.05) is 32.2 Å². The molecule has 5 nitrogen and oxygen atoms in total. The minimum absolute atomic E-state index is 0.0926. The van der Waals surface area contributed by atoms with Gasteiger partial charge in [-0.3, -0.25) is 4.79 Å². The number of methoxy groups -OCH3 is 1. The van der Waals surface area contributed by atoms with Gasteiger partial charge >= 0.3 is 0 Å². The number of amides is 1. The summed E-state index contributed by atoms with van der Waals surface area (Å²) in [6, 6.07) is 5.25. The standard InChI is InChI=1S/C19H28ClNO4/c1-4-25-19(9-5-6-14(2)13-19)18(22)21-15-7-8-17(16(20)12-15)24-11-10-23-3/h7-8,12,14H,4-6,9-11,13H2,1-3H3,(H,21,22). The number of anilines is 1. The number of rotatable bonds is 8. The molecule has 2 unspecified atom stereocenters. The zero-order valence-electron chi connectivity index (χ0n) is 15.3. The van der Waals surface area contributed by atoms with Crippen LogP contribution in [0.25, 0.3) is 0 Å². The smallest absolute Gasteiger partial charge is 0.256 e. The average Bonchev–Trinajstić information content (AvgIpc) is 2.57. The van der Waals surface area contributed by atoms with Gasteiger partial charge in [0, 0.05) is 19.4 Å². The highest BCUT2D eigenvalue weighted by Crippen LogP contribution is 2.36. The van der Waals surface area contributed by atoms with E-state index in [1.807, 2.05) is 6.92 Å². The SMILES string of the molecule is CCOC1(C(=O)Nc2ccc(OCCOC)c(Cl)c2)CCCC(C)C1. The summed E-state index contributed by atoms with van der Waals surface area (Å²) >= 11 is 6.25. The normalized spacial score (nSPS) is 23.3. The fraction of sp³-hybridized carbons (Fsp3) is 0.632. The number of nitrogens with one attached hydrogen (secondary N) is 1. The maximum atomic E-state index is 12.9. The predicted molar refractivity (Wildman–Crippen MR) is 99.4 cm³/mol. The molecule has 0 spiro atoms. The quantitative estimate of drug-likeness (QED) is 0.694. The van der Waals surface area contributed by atoms with Crippen LogP contribution in [0.1, 0.15) is 39.5 Å². The molecule has 1 amide bonds. The van der Waals surface area contributed by atoms with E-state index < -0.39 is 5.60 Å². The second kappa shape index (κ2) is 9.41. The molecule has 0 radical (unpaired) electrons. The van der Waals surface area contributed by atoms with E-state index in [0.717, 1.165) is 25.7 Å². The van der Waals surface area contributed by atoms with Crippen LogP contribution in [-0.2, 0) is 14.3 Å². The Morgan fingerprint density at radius 2 is 2.20 bits per heavy atom. The van der Waals surface area contributed by atoms with E-state index in [1.54, 1.807) is 25.3 Å². The Morgan fingerprint density at radius 1 is 1.40 bits per heavy atom. The first kappa shape index (κ1) is 20.0. The van der Waals surface area contributed by atoms with Gasteiger partial charge in [0.1, 0.15) is 18.0 Å². The zero-order valence-corrected chi connectivity index (χ0v) is 16.0. The van der Waals surface area contributed by atoms with Crippen LogP contribution in [0, 0.1) is 5.92 Å². The Kier molecular flexibility index (Phi) is 7.54. The van der Waals surface area contributed by atoms with E-state index in [4.69, 9.17) is 25.8 Å². The molecule has 1 aromatic rings. The Morgan fingerprint density at radius 3 is 2.84 bits per heavy atom. The Balaban J connectivity index is 2.06. The second-order valence-corrected chi connectivity index (χ2v) is 6.98. The molecular formula is C19H28ClNO4. The molecule has 6 heteroatoms. The first-order valence-electron chi connectivity index (χ1n) is 8.87. The molecule has 0 saturated heterocycles. The molecule has 1 fully saturated rings. The van der Waals surface area contributed by atoms with Crippen LogP contribution in [0.4, 0.5) is 5.69 Å². The van der Waals surface area contributed by atoms with Crippen LogP contribution in [0.5, 0.6) is 5.75 Å². The van der Waals surface area contributed by atoms with Crippen molar-refractivity contribution >= 4 is 23.2 Å². The van der Waals surface area contributed by atoms with Crippen LogP contribution in [0.15, 0.2) is 18.2 Å². The number of benzene rings is 1. The third kappa shape index (κ3) is 5.33. The molecule has 0 aliphatic heterocycles. The fourth-order valence-electron chi connectivity index (χ4n) is 3.36. The highest BCUT2D eigenvalue weighted by molar-refractivity contribution is 6.32. The van der Waals surface area contributed by atoms with Gasteiger partial charge in [0.05, 0.1) is 11.6 Å². The molecule has 1 aliphatic rings. The van der Waals surface area contributed by atoms with E-state index in [-0.39, 0.29) is 5.91 Å². The van der Waals surface area contributed by atoms with Crippen LogP contribution in [0.3, 0.4) is 0 Å². The van der Waals surface area contributed by atoms with Crippen molar-refractivity contribution in [3.63, 3.8) is 0 Å². The Labute approximate surface area is 155 Å². The lowest BCUT2D eigenvalue weighted by Gasteiger charge is -2.38. The molecule has 0 heterocycles. The van der Waals surface area contributed by atoms with Crippen molar-refractivity contribution in [1.29, 1.82) is 0 Å². The molecule has 2 atom stereocenters. The lowest BCUT2D eigenvalue weighted by molar-refractivity contribution is -0.147. The molecule has 1 aromatic carbocycles. The third-order valence-corrected chi connectivity index (χ3v) is 4.82. The molecule has 0 aromatic heterocycles. The fourth-order valence-corrected chi connectivity index (χ4v) is 3.59. The first-order valence-corrected chi connectivity index (χ1v) is 9.25. The predicted octanol–water partition coefficient (Wildman–Crippen LogP) is 4.29. The van der Waals surface area contributed by atoms with Crippen molar-refractivity contribution in [3.05, 3.63) is 23.2 Å². The summed E-state index contributed by atoms with van der Waals surface area (Å²) in [7, 11) is 1.62. The van der Waals surface area contributed by atoms with E-state index in [9.17, 15) is 4.79 Å². The molecule has 140 valence electrons. The average molecular weight is 370 g/mol. The summed E-state index contributed by atoms with van der Waals surface area (Å²) in [6.45, 7) is 5.53. The van der Waals surface area contributed by atoms with Gasteiger partial charge in [-0.05, 0) is 50.3 Å². The van der Waals surface area contributed by atoms with E-state index in [2.05, 4.69) is 12.2 Å². The van der Waals surface area contributed by atoms with Crippen LogP contribution in [-0.4, -0.2) is 38.4 Å². The summed E-state index contributed by atoms with van der Waals surface area (Å²) in [5.74, 6) is 0.957. The number of hydrogen-bond acceptors (Lipinski definition) is 4. The van der Waals surface area contributed by atoms with Gasteiger partial charge < -0.3 is 19.5 Å². The first-order chi connectivity index (χ1) is 12.0. The number of carbonyl (C=O) groups excluding carboxylic acids is 1. The van der Waals surface area contributed by atoms with Gasteiger partial charge in [-0.15, -0.1) is 0 Å². The van der Waals surface area contributed by atoms with Gasteiger partial charge in [0.25, 0.3) is 5.91 Å². The van der Waals surface area contributed by atoms with Crippen molar-refractivity contribution in [2.24, 2.45) is 5.92 Å². The van der Waals surface area contributed by atoms with Crippen molar-refractivity contribution < 1.29 is 19.0 Å². The number of carbonyl (C=O) groups is 1. The third-order valence-electron chi connectivity index (χ3n) is 4.52. The summed E-state index contributed by atoms with van der Waals surface area (Å²) < 4.78 is 16.4. The topological polar surface area (TPSA) is 56.8 Å². The monoisotopic (exact) mass is 369 g/mol. The Hall–Kier alpha value is -1.30. The van der Waals surface area contributed by atoms with Gasteiger partial charge in [0.2, 0.25) is 0 Å². The molecule has 2 rings (SSSR count). The van der Waals surface area contributed by atoms with E-state index in [0.29, 0.717) is 42.2 Å². The molecule has 1 aliphatic carbocycles. The zero-order chi connectivity index (χ0) is 18.3. The lowest BCUT2D eigenvalue weighted by Crippen LogP contribution is -2.48. The molecular weight excluding hydrogens is 342 g/mol. The van der Waals surface area contributed by atoms with Crippen LogP contribution in [0.2, 0.25) is 5.02 Å². The summed E-state index contributed by atoms with van der Waals surface area (Å²) in [5.41, 5.74) is -0.0987. The molecule has 0 bridgehead atoms. The van der Waals surface area contributed by atoms with Gasteiger partial charge in [-0.2, -0.15) is 0 Å². The van der Waals surface area contributed by atoms with Gasteiger partial charge in [-0.1, -0.05) is 24.9 Å². The van der Waals surface area contributed by atoms with Crippen molar-refractivity contribution in [1.82, 2.24) is 0 Å². The highest BCUT2D eigenvalue weighted by Gasteiger charge is 2.42. The number of hydrogen-bond donors (Lipinski definition) is 1. The Bertz CT molecular complexity index is 577. The lowest BCUT2D eigenvalue weighted by atomic mass is 9.78. The van der Waals surface area contributed by atoms with Crippen molar-refractivity contribution in [3.8, 4) is 5.75 Å². The second-order valence-electron chi connectivity index (χ2n) is 6.57. The minimum Gasteiger partial charge on any atom is -0.490 e. The van der Waals surface area contributed by atoms with Crippen LogP contribution < -0.4 is 10.1 Å². The molecule has 1 N–H and O–H groups in total. The summed E-state index contributed by atoms with van der Waals surface area (Å²) in [4.78, 5) is 12.9. The maximum Gasteiger partial charge on any atom is 0.256 e. The summed E-state index contributed by atoms with van der Waals surface area (Å²) in [6.07, 6.45) is 3.64. The summed E-state index contributed by atoms with van der Waals surface area (Å²) in [5, 5.41) is 3.42. The van der Waals surface area contributed by atoms with Crippen LogP contribution >= 0.6 is 11.6 Å². The van der Waals surface area contributed by atoms with E-state index in [1.165, 1.54) is 0 Å².